The Labute approximate surface area is 118 Å². The van der Waals surface area contributed by atoms with E-state index in [0.29, 0.717) is 6.42 Å². The Kier molecular flexibility index (Phi) is 4.43. The molecule has 1 aliphatic heterocycles. The third kappa shape index (κ3) is 3.47. The van der Waals surface area contributed by atoms with Crippen molar-refractivity contribution in [3.8, 4) is 0 Å². The van der Waals surface area contributed by atoms with Crippen molar-refractivity contribution < 1.29 is 4.79 Å². The maximum atomic E-state index is 11.2. The first-order valence-electron chi connectivity index (χ1n) is 6.29. The van der Waals surface area contributed by atoms with E-state index >= 15 is 0 Å². The van der Waals surface area contributed by atoms with Gasteiger partial charge in [-0.05, 0) is 36.4 Å². The van der Waals surface area contributed by atoms with Crippen LogP contribution in [0.25, 0.3) is 6.08 Å². The minimum Gasteiger partial charge on any atom is -0.273 e. The summed E-state index contributed by atoms with van der Waals surface area (Å²) < 4.78 is 0. The summed E-state index contributed by atoms with van der Waals surface area (Å²) in [5, 5.41) is 4.17. The Balaban J connectivity index is 2.25. The zero-order valence-corrected chi connectivity index (χ0v) is 12.3. The van der Waals surface area contributed by atoms with E-state index in [4.69, 9.17) is 0 Å². The van der Waals surface area contributed by atoms with Crippen LogP contribution in [0.4, 0.5) is 0 Å². The molecule has 0 aromatic heterocycles. The second-order valence-corrected chi connectivity index (χ2v) is 5.62. The smallest absolute Gasteiger partial charge is 0.240 e. The summed E-state index contributed by atoms with van der Waals surface area (Å²) >= 11 is 1.73. The molecule has 0 spiro atoms. The lowest BCUT2D eigenvalue weighted by Gasteiger charge is -2.19. The molecule has 1 heterocycles. The zero-order chi connectivity index (χ0) is 13.8. The first-order chi connectivity index (χ1) is 9.10. The average Bonchev–Trinajstić information content (AvgIpc) is 2.38. The lowest BCUT2D eigenvalue weighted by atomic mass is 9.94. The topological polar surface area (TPSA) is 41.5 Å². The van der Waals surface area contributed by atoms with Crippen LogP contribution >= 0.6 is 11.8 Å². The van der Waals surface area contributed by atoms with Gasteiger partial charge in [-0.2, -0.15) is 5.10 Å². The van der Waals surface area contributed by atoms with Crippen molar-refractivity contribution in [2.45, 2.75) is 25.2 Å². The Morgan fingerprint density at radius 3 is 3.00 bits per heavy atom. The number of amides is 1. The second kappa shape index (κ2) is 6.06. The SMILES string of the molecule is CSc1cccc(C=C(C)C2=NNC(=O)CC2C)c1. The van der Waals surface area contributed by atoms with Gasteiger partial charge in [0.05, 0.1) is 5.71 Å². The highest BCUT2D eigenvalue weighted by atomic mass is 32.2. The second-order valence-electron chi connectivity index (χ2n) is 4.74. The lowest BCUT2D eigenvalue weighted by Crippen LogP contribution is -2.31. The number of thioether (sulfide) groups is 1. The van der Waals surface area contributed by atoms with E-state index in [9.17, 15) is 4.79 Å². The van der Waals surface area contributed by atoms with Crippen molar-refractivity contribution in [2.24, 2.45) is 11.0 Å². The van der Waals surface area contributed by atoms with Crippen molar-refractivity contribution in [1.29, 1.82) is 0 Å². The van der Waals surface area contributed by atoms with E-state index < -0.39 is 0 Å². The molecular formula is C15H18N2OS. The molecule has 1 amide bonds. The number of rotatable bonds is 3. The fourth-order valence-corrected chi connectivity index (χ4v) is 2.65. The summed E-state index contributed by atoms with van der Waals surface area (Å²) in [7, 11) is 0. The molecule has 1 aliphatic rings. The minimum atomic E-state index is -0.00608. The maximum absolute atomic E-state index is 11.2. The van der Waals surface area contributed by atoms with Crippen molar-refractivity contribution in [1.82, 2.24) is 5.43 Å². The Hall–Kier alpha value is -1.55. The molecule has 2 rings (SSSR count). The monoisotopic (exact) mass is 274 g/mol. The van der Waals surface area contributed by atoms with Gasteiger partial charge in [0.2, 0.25) is 5.91 Å². The van der Waals surface area contributed by atoms with E-state index in [1.54, 1.807) is 11.8 Å². The van der Waals surface area contributed by atoms with Crippen molar-refractivity contribution in [2.75, 3.05) is 6.26 Å². The van der Waals surface area contributed by atoms with Crippen molar-refractivity contribution in [3.63, 3.8) is 0 Å². The Morgan fingerprint density at radius 1 is 1.53 bits per heavy atom. The number of hydrogen-bond donors (Lipinski definition) is 1. The highest BCUT2D eigenvalue weighted by Gasteiger charge is 2.21. The first-order valence-corrected chi connectivity index (χ1v) is 7.51. The molecule has 0 saturated carbocycles. The molecular weight excluding hydrogens is 256 g/mol. The van der Waals surface area contributed by atoms with E-state index in [1.165, 1.54) is 4.90 Å². The first kappa shape index (κ1) is 13.9. The molecule has 4 heteroatoms. The van der Waals surface area contributed by atoms with Crippen LogP contribution in [0.2, 0.25) is 0 Å². The van der Waals surface area contributed by atoms with E-state index in [2.05, 4.69) is 47.1 Å². The van der Waals surface area contributed by atoms with Crippen LogP contribution < -0.4 is 5.43 Å². The van der Waals surface area contributed by atoms with Gasteiger partial charge in [0.15, 0.2) is 0 Å². The number of benzene rings is 1. The third-order valence-corrected chi connectivity index (χ3v) is 3.87. The van der Waals surface area contributed by atoms with Gasteiger partial charge in [0.25, 0.3) is 0 Å². The quantitative estimate of drug-likeness (QED) is 0.859. The molecule has 19 heavy (non-hydrogen) atoms. The Bertz CT molecular complexity index is 549. The van der Waals surface area contributed by atoms with Crippen LogP contribution in [0.5, 0.6) is 0 Å². The predicted octanol–water partition coefficient (Wildman–Crippen LogP) is 3.32. The largest absolute Gasteiger partial charge is 0.273 e. The molecule has 1 N–H and O–H groups in total. The van der Waals surface area contributed by atoms with Gasteiger partial charge in [-0.3, -0.25) is 4.79 Å². The van der Waals surface area contributed by atoms with Gasteiger partial charge in [-0.15, -0.1) is 11.8 Å². The Morgan fingerprint density at radius 2 is 2.32 bits per heavy atom. The number of nitrogens with one attached hydrogen (secondary N) is 1. The van der Waals surface area contributed by atoms with Gasteiger partial charge in [-0.1, -0.05) is 25.1 Å². The number of hydrazone groups is 1. The van der Waals surface area contributed by atoms with Gasteiger partial charge >= 0.3 is 0 Å². The van der Waals surface area contributed by atoms with Crippen molar-refractivity contribution in [3.05, 3.63) is 35.4 Å². The zero-order valence-electron chi connectivity index (χ0n) is 11.4. The highest BCUT2D eigenvalue weighted by Crippen LogP contribution is 2.20. The summed E-state index contributed by atoms with van der Waals surface area (Å²) in [6, 6.07) is 8.38. The maximum Gasteiger partial charge on any atom is 0.240 e. The average molecular weight is 274 g/mol. The summed E-state index contributed by atoms with van der Waals surface area (Å²) in [6.45, 7) is 4.08. The van der Waals surface area contributed by atoms with E-state index in [0.717, 1.165) is 16.8 Å². The van der Waals surface area contributed by atoms with Crippen LogP contribution in [0.3, 0.4) is 0 Å². The number of allylic oxidation sites excluding steroid dienone is 1. The molecule has 1 aromatic carbocycles. The lowest BCUT2D eigenvalue weighted by molar-refractivity contribution is -0.121. The molecule has 1 unspecified atom stereocenters. The minimum absolute atomic E-state index is 0.00608. The van der Waals surface area contributed by atoms with E-state index in [1.807, 2.05) is 13.8 Å². The molecule has 0 aliphatic carbocycles. The van der Waals surface area contributed by atoms with Crippen LogP contribution in [-0.4, -0.2) is 17.9 Å². The summed E-state index contributed by atoms with van der Waals surface area (Å²) in [4.78, 5) is 12.5. The van der Waals surface area contributed by atoms with Gasteiger partial charge < -0.3 is 0 Å². The van der Waals surface area contributed by atoms with Crippen LogP contribution in [0, 0.1) is 5.92 Å². The van der Waals surface area contributed by atoms with E-state index in [-0.39, 0.29) is 11.8 Å². The molecule has 0 radical (unpaired) electrons. The number of carbonyl (C=O) groups excluding carboxylic acids is 1. The molecule has 0 bridgehead atoms. The molecule has 1 atom stereocenters. The summed E-state index contributed by atoms with van der Waals surface area (Å²) in [5.74, 6) is 0.169. The number of hydrogen-bond acceptors (Lipinski definition) is 3. The molecule has 0 saturated heterocycles. The van der Waals surface area contributed by atoms with Gasteiger partial charge in [0, 0.05) is 17.2 Å². The van der Waals surface area contributed by atoms with Gasteiger partial charge in [0.1, 0.15) is 0 Å². The fraction of sp³-hybridized carbons (Fsp3) is 0.333. The van der Waals surface area contributed by atoms with Crippen molar-refractivity contribution >= 4 is 29.5 Å². The summed E-state index contributed by atoms with van der Waals surface area (Å²) in [6.07, 6.45) is 4.69. The normalized spacial score (nSPS) is 19.9. The number of carbonyl (C=O) groups is 1. The van der Waals surface area contributed by atoms with Gasteiger partial charge in [-0.25, -0.2) is 5.43 Å². The third-order valence-electron chi connectivity index (χ3n) is 3.14. The van der Waals surface area contributed by atoms with Crippen LogP contribution in [0.15, 0.2) is 39.8 Å². The van der Waals surface area contributed by atoms with Crippen LogP contribution in [-0.2, 0) is 4.79 Å². The standard InChI is InChI=1S/C15H18N2OS/c1-10(15-11(2)8-14(18)16-17-15)7-12-5-4-6-13(9-12)19-3/h4-7,9,11H,8H2,1-3H3,(H,16,18). The molecule has 100 valence electrons. The number of nitrogens with zero attached hydrogens (tertiary/aromatic N) is 1. The fourth-order valence-electron chi connectivity index (χ4n) is 2.19. The molecule has 1 aromatic rings. The molecule has 0 fully saturated rings. The predicted molar refractivity (Wildman–Crippen MR) is 81.2 cm³/mol. The molecule has 3 nitrogen and oxygen atoms in total. The summed E-state index contributed by atoms with van der Waals surface area (Å²) in [5.41, 5.74) is 5.79. The van der Waals surface area contributed by atoms with Crippen LogP contribution in [0.1, 0.15) is 25.8 Å². The highest BCUT2D eigenvalue weighted by molar-refractivity contribution is 7.98.